The molecule has 0 radical (unpaired) electrons. The summed E-state index contributed by atoms with van der Waals surface area (Å²) < 4.78 is 0. The summed E-state index contributed by atoms with van der Waals surface area (Å²) in [5.74, 6) is 0.599. The minimum Gasteiger partial charge on any atom is -0.370 e. The third-order valence-corrected chi connectivity index (χ3v) is 4.04. The van der Waals surface area contributed by atoms with Crippen molar-refractivity contribution in [2.45, 2.75) is 33.2 Å². The predicted octanol–water partition coefficient (Wildman–Crippen LogP) is 3.24. The number of amides is 1. The van der Waals surface area contributed by atoms with Crippen LogP contribution in [0.5, 0.6) is 0 Å². The summed E-state index contributed by atoms with van der Waals surface area (Å²) in [6.07, 6.45) is 0.844. The first-order chi connectivity index (χ1) is 10.1. The van der Waals surface area contributed by atoms with E-state index in [1.807, 2.05) is 26.0 Å². The molecule has 2 aromatic rings. The first kappa shape index (κ1) is 15.5. The molecule has 0 spiro atoms. The molecular formula is C16H21N3OS. The second-order valence-electron chi connectivity index (χ2n) is 5.03. The van der Waals surface area contributed by atoms with E-state index in [0.717, 1.165) is 18.8 Å². The van der Waals surface area contributed by atoms with Gasteiger partial charge in [-0.2, -0.15) is 0 Å². The van der Waals surface area contributed by atoms with Crippen molar-refractivity contribution in [2.75, 3.05) is 11.9 Å². The molecule has 112 valence electrons. The van der Waals surface area contributed by atoms with Gasteiger partial charge in [0.05, 0.1) is 0 Å². The number of pyridine rings is 1. The summed E-state index contributed by atoms with van der Waals surface area (Å²) in [6.45, 7) is 6.89. The first-order valence-electron chi connectivity index (χ1n) is 7.15. The fraction of sp³-hybridized carbons (Fsp3) is 0.375. The predicted molar refractivity (Wildman–Crippen MR) is 88.1 cm³/mol. The Bertz CT molecular complexity index is 609. The number of carbonyl (C=O) groups is 1. The lowest BCUT2D eigenvalue weighted by molar-refractivity contribution is 0.0935. The maximum absolute atomic E-state index is 12.2. The highest BCUT2D eigenvalue weighted by Gasteiger charge is 2.12. The Hall–Kier alpha value is -1.88. The molecule has 1 atom stereocenters. The highest BCUT2D eigenvalue weighted by molar-refractivity contribution is 7.11. The highest BCUT2D eigenvalue weighted by Crippen LogP contribution is 2.16. The largest absolute Gasteiger partial charge is 0.370 e. The van der Waals surface area contributed by atoms with E-state index >= 15 is 0 Å². The zero-order valence-corrected chi connectivity index (χ0v) is 13.5. The van der Waals surface area contributed by atoms with Crippen molar-refractivity contribution in [1.29, 1.82) is 0 Å². The monoisotopic (exact) mass is 303 g/mol. The number of nitrogens with zero attached hydrogens (tertiary/aromatic N) is 1. The average molecular weight is 303 g/mol. The number of rotatable bonds is 6. The fourth-order valence-electron chi connectivity index (χ4n) is 2.09. The van der Waals surface area contributed by atoms with Crippen LogP contribution in [0.3, 0.4) is 0 Å². The zero-order valence-electron chi connectivity index (χ0n) is 12.6. The molecular weight excluding hydrogens is 282 g/mol. The van der Waals surface area contributed by atoms with E-state index in [-0.39, 0.29) is 11.9 Å². The van der Waals surface area contributed by atoms with Crippen molar-refractivity contribution in [3.8, 4) is 0 Å². The smallest absolute Gasteiger partial charge is 0.270 e. The summed E-state index contributed by atoms with van der Waals surface area (Å²) in [7, 11) is 0. The molecule has 21 heavy (non-hydrogen) atoms. The summed E-state index contributed by atoms with van der Waals surface area (Å²) in [6, 6.07) is 9.74. The third kappa shape index (κ3) is 4.56. The van der Waals surface area contributed by atoms with Gasteiger partial charge in [-0.05, 0) is 45.0 Å². The number of hydrogen-bond donors (Lipinski definition) is 2. The minimum atomic E-state index is -0.129. The molecule has 1 amide bonds. The van der Waals surface area contributed by atoms with Crippen LogP contribution in [-0.4, -0.2) is 23.5 Å². The lowest BCUT2D eigenvalue weighted by Gasteiger charge is -2.13. The van der Waals surface area contributed by atoms with Crippen LogP contribution < -0.4 is 10.6 Å². The van der Waals surface area contributed by atoms with Gasteiger partial charge in [0, 0.05) is 28.8 Å². The topological polar surface area (TPSA) is 54.0 Å². The van der Waals surface area contributed by atoms with E-state index in [2.05, 4.69) is 34.7 Å². The van der Waals surface area contributed by atoms with Crippen LogP contribution in [0.2, 0.25) is 0 Å². The molecule has 2 heterocycles. The molecule has 2 aromatic heterocycles. The molecule has 0 fully saturated rings. The van der Waals surface area contributed by atoms with Crippen molar-refractivity contribution in [3.63, 3.8) is 0 Å². The Labute approximate surface area is 129 Å². The van der Waals surface area contributed by atoms with Gasteiger partial charge in [0.25, 0.3) is 5.91 Å². The van der Waals surface area contributed by atoms with Crippen LogP contribution >= 0.6 is 11.3 Å². The zero-order chi connectivity index (χ0) is 15.2. The summed E-state index contributed by atoms with van der Waals surface area (Å²) in [4.78, 5) is 19.1. The van der Waals surface area contributed by atoms with Crippen LogP contribution in [-0.2, 0) is 6.42 Å². The second-order valence-corrected chi connectivity index (χ2v) is 6.40. The molecule has 2 N–H and O–H groups in total. The molecule has 2 rings (SSSR count). The summed E-state index contributed by atoms with van der Waals surface area (Å²) in [5.41, 5.74) is 0.447. The summed E-state index contributed by atoms with van der Waals surface area (Å²) in [5, 5.41) is 6.11. The van der Waals surface area contributed by atoms with E-state index in [0.29, 0.717) is 5.69 Å². The molecule has 1 unspecified atom stereocenters. The van der Waals surface area contributed by atoms with Gasteiger partial charge >= 0.3 is 0 Å². The van der Waals surface area contributed by atoms with Gasteiger partial charge in [-0.3, -0.25) is 4.79 Å². The van der Waals surface area contributed by atoms with Gasteiger partial charge in [0.15, 0.2) is 0 Å². The maximum atomic E-state index is 12.2. The molecule has 0 aliphatic carbocycles. The quantitative estimate of drug-likeness (QED) is 0.861. The number of hydrogen-bond acceptors (Lipinski definition) is 4. The number of carbonyl (C=O) groups excluding carboxylic acids is 1. The average Bonchev–Trinajstić information content (AvgIpc) is 2.84. The number of thiophene rings is 1. The van der Waals surface area contributed by atoms with Crippen LogP contribution in [0.15, 0.2) is 30.3 Å². The molecule has 0 aliphatic rings. The second kappa shape index (κ2) is 7.22. The lowest BCUT2D eigenvalue weighted by atomic mass is 10.2. The van der Waals surface area contributed by atoms with Crippen molar-refractivity contribution >= 4 is 23.1 Å². The summed E-state index contributed by atoms with van der Waals surface area (Å²) >= 11 is 1.77. The molecule has 0 saturated carbocycles. The molecule has 0 aliphatic heterocycles. The number of aryl methyl sites for hydroxylation is 1. The van der Waals surface area contributed by atoms with Gasteiger partial charge in [0.2, 0.25) is 0 Å². The van der Waals surface area contributed by atoms with Crippen LogP contribution in [0.4, 0.5) is 5.82 Å². The van der Waals surface area contributed by atoms with Crippen LogP contribution in [0.1, 0.15) is 34.1 Å². The first-order valence-corrected chi connectivity index (χ1v) is 7.97. The van der Waals surface area contributed by atoms with Gasteiger partial charge in [-0.25, -0.2) is 4.98 Å². The maximum Gasteiger partial charge on any atom is 0.270 e. The van der Waals surface area contributed by atoms with E-state index in [1.54, 1.807) is 17.4 Å². The minimum absolute atomic E-state index is 0.0835. The van der Waals surface area contributed by atoms with Gasteiger partial charge in [0.1, 0.15) is 11.5 Å². The standard InChI is InChI=1S/C16H21N3OS/c1-4-17-15-7-5-6-14(19-15)16(20)18-11(2)10-13-9-8-12(3)21-13/h5-9,11H,4,10H2,1-3H3,(H,17,19)(H,18,20). The van der Waals surface area contributed by atoms with Gasteiger partial charge in [-0.1, -0.05) is 6.07 Å². The molecule has 0 bridgehead atoms. The fourth-order valence-corrected chi connectivity index (χ4v) is 3.11. The van der Waals surface area contributed by atoms with Gasteiger partial charge < -0.3 is 10.6 Å². The number of aromatic nitrogens is 1. The third-order valence-electron chi connectivity index (χ3n) is 3.02. The lowest BCUT2D eigenvalue weighted by Crippen LogP contribution is -2.34. The van der Waals surface area contributed by atoms with E-state index < -0.39 is 0 Å². The van der Waals surface area contributed by atoms with E-state index in [9.17, 15) is 4.79 Å². The molecule has 0 saturated heterocycles. The van der Waals surface area contributed by atoms with Gasteiger partial charge in [-0.15, -0.1) is 11.3 Å². The Balaban J connectivity index is 1.95. The van der Waals surface area contributed by atoms with Crippen molar-refractivity contribution in [1.82, 2.24) is 10.3 Å². The van der Waals surface area contributed by atoms with E-state index in [4.69, 9.17) is 0 Å². The van der Waals surface area contributed by atoms with Crippen LogP contribution in [0.25, 0.3) is 0 Å². The van der Waals surface area contributed by atoms with Crippen molar-refractivity contribution in [2.24, 2.45) is 0 Å². The van der Waals surface area contributed by atoms with Crippen LogP contribution in [0, 0.1) is 6.92 Å². The van der Waals surface area contributed by atoms with E-state index in [1.165, 1.54) is 9.75 Å². The Kier molecular flexibility index (Phi) is 5.33. The highest BCUT2D eigenvalue weighted by atomic mass is 32.1. The molecule has 0 aromatic carbocycles. The number of anilines is 1. The Morgan fingerprint density at radius 3 is 2.81 bits per heavy atom. The number of nitrogens with one attached hydrogen (secondary N) is 2. The Morgan fingerprint density at radius 2 is 2.14 bits per heavy atom. The van der Waals surface area contributed by atoms with Crippen molar-refractivity contribution < 1.29 is 4.79 Å². The van der Waals surface area contributed by atoms with Crippen molar-refractivity contribution in [3.05, 3.63) is 45.8 Å². The molecule has 5 heteroatoms. The SMILES string of the molecule is CCNc1cccc(C(=O)NC(C)Cc2ccc(C)s2)n1. The normalized spacial score (nSPS) is 12.0. The Morgan fingerprint density at radius 1 is 1.33 bits per heavy atom. The molecule has 4 nitrogen and oxygen atoms in total.